The quantitative estimate of drug-likeness (QED) is 0.180. The number of nitrogens with one attached hydrogen (secondary N) is 3. The highest BCUT2D eigenvalue weighted by Gasteiger charge is 2.37. The number of anilines is 2. The molecule has 0 bridgehead atoms. The number of para-hydroxylation sites is 2. The number of aromatic nitrogens is 2. The Morgan fingerprint density at radius 2 is 1.76 bits per heavy atom. The SMILES string of the molecule is Cc1cn([C@H]2C[C@H](N=[N+]=[N-])[C@@H](COP(Nc3ccccc3)Nc3ccccc3)O2)c(=O)[nH]c1=O. The van der Waals surface area contributed by atoms with Crippen LogP contribution in [0.3, 0.4) is 0 Å². The van der Waals surface area contributed by atoms with Gasteiger partial charge in [0.25, 0.3) is 5.56 Å². The van der Waals surface area contributed by atoms with Gasteiger partial charge in [-0.15, -0.1) is 0 Å². The molecule has 1 saturated heterocycles. The standard InChI is InChI=1S/C22H24N7O4P/c1-15-13-29(22(31)24-21(15)30)20-12-18(25-28-23)19(33-20)14-32-34(26-16-8-4-2-5-9-16)27-17-10-6-3-7-11-17/h2-11,13,18-20,26-27H,12,14H2,1H3,(H,24,30,31)/t18-,19+,20+/m0/s1. The molecule has 1 aliphatic rings. The van der Waals surface area contributed by atoms with Gasteiger partial charge in [-0.3, -0.25) is 14.3 Å². The van der Waals surface area contributed by atoms with Crippen LogP contribution in [0, 0.1) is 6.92 Å². The molecule has 1 aliphatic heterocycles. The molecular formula is C22H24N7O4P. The van der Waals surface area contributed by atoms with Gasteiger partial charge in [-0.2, -0.15) is 0 Å². The minimum Gasteiger partial charge on any atom is -0.352 e. The predicted molar refractivity (Wildman–Crippen MR) is 131 cm³/mol. The van der Waals surface area contributed by atoms with Gasteiger partial charge in [0.15, 0.2) is 0 Å². The summed E-state index contributed by atoms with van der Waals surface area (Å²) < 4.78 is 13.5. The first-order valence-corrected chi connectivity index (χ1v) is 11.9. The monoisotopic (exact) mass is 481 g/mol. The summed E-state index contributed by atoms with van der Waals surface area (Å²) in [6, 6.07) is 18.7. The number of aromatic amines is 1. The molecule has 3 aromatic rings. The van der Waals surface area contributed by atoms with Crippen LogP contribution in [0.15, 0.2) is 81.6 Å². The maximum absolute atomic E-state index is 12.3. The number of azide groups is 1. The highest BCUT2D eigenvalue weighted by Crippen LogP contribution is 2.40. The van der Waals surface area contributed by atoms with Crippen molar-refractivity contribution in [3.63, 3.8) is 0 Å². The minimum absolute atomic E-state index is 0.114. The van der Waals surface area contributed by atoms with Gasteiger partial charge >= 0.3 is 5.69 Å². The lowest BCUT2D eigenvalue weighted by molar-refractivity contribution is -0.0206. The van der Waals surface area contributed by atoms with E-state index in [0.29, 0.717) is 5.56 Å². The van der Waals surface area contributed by atoms with Crippen molar-refractivity contribution in [1.82, 2.24) is 9.55 Å². The van der Waals surface area contributed by atoms with Crippen LogP contribution in [0.5, 0.6) is 0 Å². The zero-order chi connectivity index (χ0) is 23.9. The number of hydrogen-bond acceptors (Lipinski definition) is 7. The third-order valence-electron chi connectivity index (χ3n) is 5.24. The normalized spacial score (nSPS) is 19.5. The van der Waals surface area contributed by atoms with Crippen molar-refractivity contribution in [3.8, 4) is 0 Å². The number of benzene rings is 2. The average Bonchev–Trinajstić information content (AvgIpc) is 3.24. The molecule has 0 saturated carbocycles. The molecule has 12 heteroatoms. The van der Waals surface area contributed by atoms with Gasteiger partial charge in [-0.25, -0.2) is 4.79 Å². The summed E-state index contributed by atoms with van der Waals surface area (Å²) in [5, 5.41) is 10.5. The first-order valence-electron chi connectivity index (χ1n) is 10.6. The van der Waals surface area contributed by atoms with Gasteiger partial charge in [-0.1, -0.05) is 41.5 Å². The highest BCUT2D eigenvalue weighted by molar-refractivity contribution is 7.55. The van der Waals surface area contributed by atoms with Crippen LogP contribution < -0.4 is 21.4 Å². The lowest BCUT2D eigenvalue weighted by Crippen LogP contribution is -2.33. The first kappa shape index (κ1) is 23.5. The zero-order valence-electron chi connectivity index (χ0n) is 18.4. The van der Waals surface area contributed by atoms with E-state index in [0.717, 1.165) is 11.4 Å². The molecule has 2 aromatic carbocycles. The second kappa shape index (κ2) is 11.0. The fraction of sp³-hybridized carbons (Fsp3) is 0.273. The van der Waals surface area contributed by atoms with Crippen molar-refractivity contribution in [2.24, 2.45) is 5.11 Å². The van der Waals surface area contributed by atoms with Gasteiger partial charge in [0, 0.05) is 34.5 Å². The van der Waals surface area contributed by atoms with Crippen molar-refractivity contribution < 1.29 is 9.26 Å². The number of rotatable bonds is 9. The van der Waals surface area contributed by atoms with Crippen LogP contribution in [-0.2, 0) is 9.26 Å². The Labute approximate surface area is 196 Å². The fourth-order valence-corrected chi connectivity index (χ4v) is 4.77. The zero-order valence-corrected chi connectivity index (χ0v) is 19.3. The smallest absolute Gasteiger partial charge is 0.330 e. The van der Waals surface area contributed by atoms with E-state index in [-0.39, 0.29) is 13.0 Å². The number of hydrogen-bond donors (Lipinski definition) is 3. The Kier molecular flexibility index (Phi) is 7.61. The van der Waals surface area contributed by atoms with Crippen molar-refractivity contribution in [2.45, 2.75) is 31.7 Å². The summed E-state index contributed by atoms with van der Waals surface area (Å²) >= 11 is 0. The Morgan fingerprint density at radius 1 is 1.15 bits per heavy atom. The highest BCUT2D eigenvalue weighted by atomic mass is 31.2. The molecule has 0 unspecified atom stereocenters. The summed E-state index contributed by atoms with van der Waals surface area (Å²) in [4.78, 5) is 29.2. The van der Waals surface area contributed by atoms with Gasteiger partial charge in [0.2, 0.25) is 8.45 Å². The Morgan fingerprint density at radius 3 is 2.35 bits per heavy atom. The Balaban J connectivity index is 1.49. The number of aryl methyl sites for hydroxylation is 1. The molecule has 11 nitrogen and oxygen atoms in total. The number of H-pyrrole nitrogens is 1. The van der Waals surface area contributed by atoms with Crippen molar-refractivity contribution in [3.05, 3.63) is 104 Å². The molecule has 0 spiro atoms. The summed E-state index contributed by atoms with van der Waals surface area (Å²) in [7, 11) is -1.37. The Bertz CT molecular complexity index is 1220. The molecule has 3 N–H and O–H groups in total. The molecule has 3 atom stereocenters. The molecule has 4 rings (SSSR count). The van der Waals surface area contributed by atoms with Crippen LogP contribution in [0.4, 0.5) is 11.4 Å². The number of nitrogens with zero attached hydrogens (tertiary/aromatic N) is 4. The summed E-state index contributed by atoms with van der Waals surface area (Å²) in [5.74, 6) is 0. The summed E-state index contributed by atoms with van der Waals surface area (Å²) in [6.07, 6.45) is 0.450. The molecule has 0 amide bonds. The third kappa shape index (κ3) is 5.84. The fourth-order valence-electron chi connectivity index (χ4n) is 3.52. The maximum atomic E-state index is 12.3. The topological polar surface area (TPSA) is 146 Å². The van der Waals surface area contributed by atoms with E-state index in [4.69, 9.17) is 14.8 Å². The van der Waals surface area contributed by atoms with Crippen LogP contribution in [0.25, 0.3) is 10.4 Å². The van der Waals surface area contributed by atoms with Crippen LogP contribution in [-0.4, -0.2) is 28.3 Å². The van der Waals surface area contributed by atoms with Gasteiger partial charge in [-0.05, 0) is 36.7 Å². The van der Waals surface area contributed by atoms with Gasteiger partial charge in [0.1, 0.15) is 6.23 Å². The molecule has 1 fully saturated rings. The van der Waals surface area contributed by atoms with Crippen LogP contribution in [0.2, 0.25) is 0 Å². The second-order valence-electron chi connectivity index (χ2n) is 7.66. The molecule has 1 aromatic heterocycles. The van der Waals surface area contributed by atoms with E-state index in [9.17, 15) is 9.59 Å². The lowest BCUT2D eigenvalue weighted by atomic mass is 10.1. The molecule has 34 heavy (non-hydrogen) atoms. The molecule has 0 aliphatic carbocycles. The first-order chi connectivity index (χ1) is 16.5. The lowest BCUT2D eigenvalue weighted by Gasteiger charge is -2.23. The number of ether oxygens (including phenoxy) is 1. The van der Waals surface area contributed by atoms with Crippen molar-refractivity contribution >= 4 is 19.8 Å². The van der Waals surface area contributed by atoms with E-state index in [1.807, 2.05) is 60.7 Å². The predicted octanol–water partition coefficient (Wildman–Crippen LogP) is 4.28. The third-order valence-corrected chi connectivity index (χ3v) is 6.57. The van der Waals surface area contributed by atoms with Crippen LogP contribution in [0.1, 0.15) is 18.2 Å². The largest absolute Gasteiger partial charge is 0.352 e. The van der Waals surface area contributed by atoms with Crippen LogP contribution >= 0.6 is 8.45 Å². The van der Waals surface area contributed by atoms with E-state index in [1.165, 1.54) is 10.8 Å². The van der Waals surface area contributed by atoms with Crippen molar-refractivity contribution in [1.29, 1.82) is 0 Å². The molecule has 0 radical (unpaired) electrons. The molecular weight excluding hydrogens is 457 g/mol. The van der Waals surface area contributed by atoms with E-state index >= 15 is 0 Å². The molecule has 176 valence electrons. The summed E-state index contributed by atoms with van der Waals surface area (Å²) in [6.45, 7) is 1.72. The second-order valence-corrected chi connectivity index (χ2v) is 8.96. The van der Waals surface area contributed by atoms with E-state index in [1.54, 1.807) is 6.92 Å². The Hall–Kier alpha value is -3.62. The van der Waals surface area contributed by atoms with Crippen molar-refractivity contribution in [2.75, 3.05) is 16.8 Å². The molecule has 2 heterocycles. The minimum atomic E-state index is -1.37. The average molecular weight is 481 g/mol. The van der Waals surface area contributed by atoms with E-state index in [2.05, 4.69) is 25.2 Å². The van der Waals surface area contributed by atoms with Gasteiger partial charge in [0.05, 0.1) is 18.8 Å². The van der Waals surface area contributed by atoms with E-state index < -0.39 is 38.1 Å². The maximum Gasteiger partial charge on any atom is 0.330 e. The van der Waals surface area contributed by atoms with Gasteiger partial charge < -0.3 is 19.4 Å². The summed E-state index contributed by atoms with van der Waals surface area (Å²) in [5.41, 5.74) is 10.1.